The van der Waals surface area contributed by atoms with E-state index in [1.54, 1.807) is 24.3 Å². The van der Waals surface area contributed by atoms with Gasteiger partial charge in [-0.05, 0) is 31.0 Å². The fraction of sp³-hybridized carbons (Fsp3) is 0.300. The van der Waals surface area contributed by atoms with Crippen LogP contribution in [0.4, 0.5) is 11.4 Å². The van der Waals surface area contributed by atoms with Crippen LogP contribution >= 0.6 is 11.6 Å². The number of benzene rings is 2. The lowest BCUT2D eigenvalue weighted by Gasteiger charge is -2.15. The fourth-order valence-corrected chi connectivity index (χ4v) is 3.40. The number of carbonyl (C=O) groups is 2. The Morgan fingerprint density at radius 3 is 2.59 bits per heavy atom. The van der Waals surface area contributed by atoms with Gasteiger partial charge in [-0.15, -0.1) is 0 Å². The highest BCUT2D eigenvalue weighted by Crippen LogP contribution is 2.28. The predicted octanol–water partition coefficient (Wildman–Crippen LogP) is 3.94. The van der Waals surface area contributed by atoms with Crippen LogP contribution < -0.4 is 15.4 Å². The molecule has 29 heavy (non-hydrogen) atoms. The molecule has 0 aliphatic heterocycles. The van der Waals surface area contributed by atoms with Crippen molar-refractivity contribution in [3.8, 4) is 5.75 Å². The number of non-ortho nitro benzene ring substituents is 1. The molecule has 1 aliphatic carbocycles. The van der Waals surface area contributed by atoms with E-state index >= 15 is 0 Å². The highest BCUT2D eigenvalue weighted by molar-refractivity contribution is 6.32. The molecule has 0 spiro atoms. The minimum atomic E-state index is -0.573. The first-order valence-electron chi connectivity index (χ1n) is 9.20. The zero-order chi connectivity index (χ0) is 20.8. The fourth-order valence-electron chi connectivity index (χ4n) is 3.17. The molecule has 1 saturated carbocycles. The van der Waals surface area contributed by atoms with Crippen molar-refractivity contribution >= 4 is 34.8 Å². The number of hydrogen-bond acceptors (Lipinski definition) is 5. The van der Waals surface area contributed by atoms with Crippen LogP contribution in [-0.4, -0.2) is 29.4 Å². The maximum absolute atomic E-state index is 12.5. The third kappa shape index (κ3) is 5.45. The van der Waals surface area contributed by atoms with Crippen LogP contribution in [0.25, 0.3) is 0 Å². The van der Waals surface area contributed by atoms with Gasteiger partial charge in [-0.3, -0.25) is 19.7 Å². The van der Waals surface area contributed by atoms with Crippen molar-refractivity contribution in [2.75, 3.05) is 11.9 Å². The number of hydrogen-bond donors (Lipinski definition) is 2. The number of anilines is 1. The normalized spacial score (nSPS) is 13.7. The van der Waals surface area contributed by atoms with E-state index in [1.807, 2.05) is 0 Å². The monoisotopic (exact) mass is 417 g/mol. The van der Waals surface area contributed by atoms with Gasteiger partial charge in [0.1, 0.15) is 5.75 Å². The van der Waals surface area contributed by atoms with Crippen LogP contribution in [-0.2, 0) is 4.79 Å². The lowest BCUT2D eigenvalue weighted by Crippen LogP contribution is -2.33. The SMILES string of the molecule is O=C(COc1ccc([N+](=O)[O-])cc1Cl)Nc1ccccc1C(=O)NC1CCCC1. The van der Waals surface area contributed by atoms with Gasteiger partial charge in [-0.2, -0.15) is 0 Å². The third-order valence-corrected chi connectivity index (χ3v) is 4.92. The zero-order valence-electron chi connectivity index (χ0n) is 15.5. The first-order chi connectivity index (χ1) is 13.9. The molecular formula is C20H20ClN3O5. The van der Waals surface area contributed by atoms with Crippen LogP contribution in [0.3, 0.4) is 0 Å². The molecule has 1 aliphatic rings. The molecule has 2 aromatic rings. The molecule has 8 nitrogen and oxygen atoms in total. The Morgan fingerprint density at radius 2 is 1.90 bits per heavy atom. The number of ether oxygens (including phenoxy) is 1. The molecule has 3 rings (SSSR count). The summed E-state index contributed by atoms with van der Waals surface area (Å²) in [5.41, 5.74) is 0.585. The maximum atomic E-state index is 12.5. The molecule has 0 aromatic heterocycles. The van der Waals surface area contributed by atoms with E-state index in [1.165, 1.54) is 12.1 Å². The van der Waals surface area contributed by atoms with Crippen molar-refractivity contribution in [1.29, 1.82) is 0 Å². The number of para-hydroxylation sites is 1. The molecule has 2 N–H and O–H groups in total. The molecule has 0 radical (unpaired) electrons. The van der Waals surface area contributed by atoms with Gasteiger partial charge in [0.15, 0.2) is 6.61 Å². The average molecular weight is 418 g/mol. The van der Waals surface area contributed by atoms with Crippen molar-refractivity contribution in [3.05, 3.63) is 63.2 Å². The second-order valence-electron chi connectivity index (χ2n) is 6.71. The number of nitrogens with zero attached hydrogens (tertiary/aromatic N) is 1. The topological polar surface area (TPSA) is 111 Å². The van der Waals surface area contributed by atoms with E-state index in [2.05, 4.69) is 10.6 Å². The van der Waals surface area contributed by atoms with Gasteiger partial charge in [0.25, 0.3) is 17.5 Å². The predicted molar refractivity (Wildman–Crippen MR) is 108 cm³/mol. The van der Waals surface area contributed by atoms with Gasteiger partial charge < -0.3 is 15.4 Å². The van der Waals surface area contributed by atoms with E-state index < -0.39 is 10.8 Å². The molecule has 0 saturated heterocycles. The lowest BCUT2D eigenvalue weighted by atomic mass is 10.1. The highest BCUT2D eigenvalue weighted by atomic mass is 35.5. The van der Waals surface area contributed by atoms with Gasteiger partial charge in [0.05, 0.1) is 21.2 Å². The van der Waals surface area contributed by atoms with E-state index in [-0.39, 0.29) is 35.0 Å². The van der Waals surface area contributed by atoms with Gasteiger partial charge in [-0.1, -0.05) is 36.6 Å². The maximum Gasteiger partial charge on any atom is 0.271 e. The molecule has 9 heteroatoms. The third-order valence-electron chi connectivity index (χ3n) is 4.62. The number of nitro benzene ring substituents is 1. The molecule has 0 heterocycles. The minimum absolute atomic E-state index is 0.0309. The van der Waals surface area contributed by atoms with Crippen molar-refractivity contribution < 1.29 is 19.2 Å². The van der Waals surface area contributed by atoms with Gasteiger partial charge in [-0.25, -0.2) is 0 Å². The molecule has 0 bridgehead atoms. The molecule has 1 fully saturated rings. The Labute approximate surface area is 172 Å². The lowest BCUT2D eigenvalue weighted by molar-refractivity contribution is -0.384. The average Bonchev–Trinajstić information content (AvgIpc) is 3.20. The standard InChI is InChI=1S/C20H20ClN3O5/c21-16-11-14(24(27)28)9-10-18(16)29-12-19(25)23-17-8-4-3-7-15(17)20(26)22-13-5-1-2-6-13/h3-4,7-11,13H,1-2,5-6,12H2,(H,22,26)(H,23,25). The first-order valence-corrected chi connectivity index (χ1v) is 9.58. The van der Waals surface area contributed by atoms with Gasteiger partial charge >= 0.3 is 0 Å². The Morgan fingerprint density at radius 1 is 1.17 bits per heavy atom. The van der Waals surface area contributed by atoms with Gasteiger partial charge in [0.2, 0.25) is 0 Å². The number of nitrogens with one attached hydrogen (secondary N) is 2. The van der Waals surface area contributed by atoms with Crippen LogP contribution in [0.1, 0.15) is 36.0 Å². The largest absolute Gasteiger partial charge is 0.482 e. The minimum Gasteiger partial charge on any atom is -0.482 e. The quantitative estimate of drug-likeness (QED) is 0.523. The first kappa shape index (κ1) is 20.6. The van der Waals surface area contributed by atoms with Crippen LogP contribution in [0, 0.1) is 10.1 Å². The zero-order valence-corrected chi connectivity index (χ0v) is 16.3. The summed E-state index contributed by atoms with van der Waals surface area (Å²) in [6, 6.07) is 10.6. The van der Waals surface area contributed by atoms with Crippen molar-refractivity contribution in [1.82, 2.24) is 5.32 Å². The molecule has 2 amide bonds. The van der Waals surface area contributed by atoms with Crippen molar-refractivity contribution in [3.63, 3.8) is 0 Å². The van der Waals surface area contributed by atoms with E-state index in [0.29, 0.717) is 11.3 Å². The summed E-state index contributed by atoms with van der Waals surface area (Å²) in [6.07, 6.45) is 4.13. The molecular weight excluding hydrogens is 398 g/mol. The summed E-state index contributed by atoms with van der Waals surface area (Å²) in [5.74, 6) is -0.563. The Kier molecular flexibility index (Phi) is 6.66. The number of nitro groups is 1. The highest BCUT2D eigenvalue weighted by Gasteiger charge is 2.20. The summed E-state index contributed by atoms with van der Waals surface area (Å²) >= 11 is 5.95. The summed E-state index contributed by atoms with van der Waals surface area (Å²) in [4.78, 5) is 35.0. The smallest absolute Gasteiger partial charge is 0.271 e. The Bertz CT molecular complexity index is 928. The molecule has 0 atom stereocenters. The second-order valence-corrected chi connectivity index (χ2v) is 7.12. The summed E-state index contributed by atoms with van der Waals surface area (Å²) in [7, 11) is 0. The summed E-state index contributed by atoms with van der Waals surface area (Å²) < 4.78 is 5.35. The summed E-state index contributed by atoms with van der Waals surface area (Å²) in [5, 5.41) is 16.4. The van der Waals surface area contributed by atoms with Crippen molar-refractivity contribution in [2.24, 2.45) is 0 Å². The number of rotatable bonds is 7. The van der Waals surface area contributed by atoms with Crippen molar-refractivity contribution in [2.45, 2.75) is 31.7 Å². The summed E-state index contributed by atoms with van der Waals surface area (Å²) in [6.45, 7) is -0.365. The molecule has 2 aromatic carbocycles. The second kappa shape index (κ2) is 9.38. The number of carbonyl (C=O) groups excluding carboxylic acids is 2. The number of halogens is 1. The van der Waals surface area contributed by atoms with Crippen LogP contribution in [0.2, 0.25) is 5.02 Å². The molecule has 152 valence electrons. The molecule has 0 unspecified atom stereocenters. The Hall–Kier alpha value is -3.13. The van der Waals surface area contributed by atoms with E-state index in [0.717, 1.165) is 31.7 Å². The van der Waals surface area contributed by atoms with E-state index in [4.69, 9.17) is 16.3 Å². The van der Waals surface area contributed by atoms with Crippen LogP contribution in [0.5, 0.6) is 5.75 Å². The number of amides is 2. The van der Waals surface area contributed by atoms with E-state index in [9.17, 15) is 19.7 Å². The Balaban J connectivity index is 1.61. The van der Waals surface area contributed by atoms with Crippen LogP contribution in [0.15, 0.2) is 42.5 Å². The van der Waals surface area contributed by atoms with Gasteiger partial charge in [0, 0.05) is 18.2 Å².